The van der Waals surface area contributed by atoms with Crippen molar-refractivity contribution in [3.63, 3.8) is 0 Å². The highest BCUT2D eigenvalue weighted by Crippen LogP contribution is 2.21. The molecular formula is C20H19FN2O3S. The Morgan fingerprint density at radius 3 is 2.56 bits per heavy atom. The summed E-state index contributed by atoms with van der Waals surface area (Å²) >= 11 is 0. The van der Waals surface area contributed by atoms with Crippen molar-refractivity contribution in [2.75, 3.05) is 0 Å². The fraction of sp³-hybridized carbons (Fsp3) is 0.150. The van der Waals surface area contributed by atoms with Crippen LogP contribution in [0.15, 0.2) is 78.0 Å². The Hall–Kier alpha value is -2.77. The van der Waals surface area contributed by atoms with Crippen LogP contribution in [0.3, 0.4) is 0 Å². The van der Waals surface area contributed by atoms with Gasteiger partial charge in [-0.3, -0.25) is 4.98 Å². The van der Waals surface area contributed by atoms with Crippen LogP contribution < -0.4 is 9.46 Å². The van der Waals surface area contributed by atoms with Crippen LogP contribution >= 0.6 is 0 Å². The molecule has 0 bridgehead atoms. The number of hydrogen-bond donors (Lipinski definition) is 1. The first-order valence-electron chi connectivity index (χ1n) is 8.33. The fourth-order valence-electron chi connectivity index (χ4n) is 2.51. The van der Waals surface area contributed by atoms with Gasteiger partial charge in [0.15, 0.2) is 0 Å². The summed E-state index contributed by atoms with van der Waals surface area (Å²) < 4.78 is 46.3. The molecule has 7 heteroatoms. The quantitative estimate of drug-likeness (QED) is 0.670. The zero-order valence-corrected chi connectivity index (χ0v) is 15.5. The summed E-state index contributed by atoms with van der Waals surface area (Å²) in [5, 5.41) is 0. The van der Waals surface area contributed by atoms with E-state index in [4.69, 9.17) is 4.74 Å². The summed E-state index contributed by atoms with van der Waals surface area (Å²) in [4.78, 5) is 3.92. The Balaban J connectivity index is 1.64. The van der Waals surface area contributed by atoms with Gasteiger partial charge in [0.25, 0.3) is 0 Å². The second-order valence-electron chi connectivity index (χ2n) is 6.02. The van der Waals surface area contributed by atoms with Crippen LogP contribution in [-0.4, -0.2) is 13.4 Å². The van der Waals surface area contributed by atoms with E-state index in [9.17, 15) is 12.8 Å². The number of sulfonamides is 1. The van der Waals surface area contributed by atoms with Crippen LogP contribution in [-0.2, 0) is 16.6 Å². The molecule has 1 N–H and O–H groups in total. The number of aromatic nitrogens is 1. The largest absolute Gasteiger partial charge is 0.489 e. The van der Waals surface area contributed by atoms with Crippen molar-refractivity contribution in [3.8, 4) is 5.75 Å². The molecule has 1 atom stereocenters. The van der Waals surface area contributed by atoms with Crippen molar-refractivity contribution in [2.45, 2.75) is 24.5 Å². The molecule has 27 heavy (non-hydrogen) atoms. The minimum atomic E-state index is -3.81. The standard InChI is InChI=1S/C20H19FN2O3S/c1-15(23-27(24,25)20-6-2-5-18(21)12-20)17-7-9-19(10-8-17)26-14-16-4-3-11-22-13-16/h2-13,15,23H,14H2,1H3. The van der Waals surface area contributed by atoms with Crippen molar-refractivity contribution in [1.29, 1.82) is 0 Å². The van der Waals surface area contributed by atoms with Crippen molar-refractivity contribution in [1.82, 2.24) is 9.71 Å². The second kappa shape index (κ2) is 8.28. The number of nitrogens with zero attached hydrogens (tertiary/aromatic N) is 1. The number of ether oxygens (including phenoxy) is 1. The highest BCUT2D eigenvalue weighted by Gasteiger charge is 2.18. The molecule has 5 nitrogen and oxygen atoms in total. The van der Waals surface area contributed by atoms with Crippen LogP contribution in [0.2, 0.25) is 0 Å². The van der Waals surface area contributed by atoms with Gasteiger partial charge in [0, 0.05) is 24.0 Å². The third-order valence-electron chi connectivity index (χ3n) is 3.95. The van der Waals surface area contributed by atoms with E-state index in [0.29, 0.717) is 12.4 Å². The Kier molecular flexibility index (Phi) is 5.83. The summed E-state index contributed by atoms with van der Waals surface area (Å²) in [6.07, 6.45) is 3.43. The SMILES string of the molecule is CC(NS(=O)(=O)c1cccc(F)c1)c1ccc(OCc2cccnc2)cc1. The Morgan fingerprint density at radius 1 is 1.11 bits per heavy atom. The van der Waals surface area contributed by atoms with Gasteiger partial charge < -0.3 is 4.74 Å². The van der Waals surface area contributed by atoms with Crippen LogP contribution in [0.1, 0.15) is 24.1 Å². The predicted octanol–water partition coefficient (Wildman–Crippen LogP) is 3.84. The lowest BCUT2D eigenvalue weighted by molar-refractivity contribution is 0.305. The average molecular weight is 386 g/mol. The number of halogens is 1. The van der Waals surface area contributed by atoms with Crippen molar-refractivity contribution in [3.05, 3.63) is 90.0 Å². The molecular weight excluding hydrogens is 367 g/mol. The molecule has 3 aromatic rings. The van der Waals surface area contributed by atoms with Gasteiger partial charge in [-0.1, -0.05) is 24.3 Å². The third-order valence-corrected chi connectivity index (χ3v) is 5.49. The normalized spacial score (nSPS) is 12.5. The van der Waals surface area contributed by atoms with Gasteiger partial charge in [-0.2, -0.15) is 0 Å². The molecule has 0 aliphatic rings. The molecule has 0 amide bonds. The topological polar surface area (TPSA) is 68.3 Å². The van der Waals surface area contributed by atoms with Gasteiger partial charge in [-0.25, -0.2) is 17.5 Å². The molecule has 0 saturated carbocycles. The number of nitrogens with one attached hydrogen (secondary N) is 1. The van der Waals surface area contributed by atoms with E-state index >= 15 is 0 Å². The molecule has 1 unspecified atom stereocenters. The van der Waals surface area contributed by atoms with E-state index in [0.717, 1.165) is 17.2 Å². The zero-order chi connectivity index (χ0) is 19.3. The minimum absolute atomic E-state index is 0.106. The molecule has 0 saturated heterocycles. The summed E-state index contributed by atoms with van der Waals surface area (Å²) in [6.45, 7) is 2.12. The van der Waals surface area contributed by atoms with Gasteiger partial charge in [0.1, 0.15) is 18.2 Å². The molecule has 0 aliphatic carbocycles. The lowest BCUT2D eigenvalue weighted by Crippen LogP contribution is -2.26. The van der Waals surface area contributed by atoms with E-state index in [1.165, 1.54) is 18.2 Å². The number of benzene rings is 2. The first-order valence-corrected chi connectivity index (χ1v) is 9.82. The van der Waals surface area contributed by atoms with E-state index < -0.39 is 21.9 Å². The fourth-order valence-corrected chi connectivity index (χ4v) is 3.77. The Morgan fingerprint density at radius 2 is 1.89 bits per heavy atom. The van der Waals surface area contributed by atoms with E-state index in [-0.39, 0.29) is 4.90 Å². The Labute approximate surface area is 157 Å². The summed E-state index contributed by atoms with van der Waals surface area (Å²) in [5.41, 5.74) is 1.72. The number of rotatable bonds is 7. The maximum Gasteiger partial charge on any atom is 0.241 e. The molecule has 1 heterocycles. The smallest absolute Gasteiger partial charge is 0.241 e. The monoisotopic (exact) mass is 386 g/mol. The Bertz CT molecular complexity index is 993. The average Bonchev–Trinajstić information content (AvgIpc) is 2.67. The van der Waals surface area contributed by atoms with Crippen molar-refractivity contribution >= 4 is 10.0 Å². The van der Waals surface area contributed by atoms with E-state index in [1.807, 2.05) is 12.1 Å². The predicted molar refractivity (Wildman–Crippen MR) is 100 cm³/mol. The molecule has 0 fully saturated rings. The lowest BCUT2D eigenvalue weighted by Gasteiger charge is -2.15. The molecule has 0 spiro atoms. The van der Waals surface area contributed by atoms with Gasteiger partial charge in [0.05, 0.1) is 4.90 Å². The first kappa shape index (κ1) is 19.0. The summed E-state index contributed by atoms with van der Waals surface area (Å²) in [5.74, 6) is 0.0726. The maximum atomic E-state index is 13.3. The van der Waals surface area contributed by atoms with Gasteiger partial charge in [0.2, 0.25) is 10.0 Å². The van der Waals surface area contributed by atoms with Crippen molar-refractivity contribution < 1.29 is 17.5 Å². The van der Waals surface area contributed by atoms with Crippen LogP contribution in [0, 0.1) is 5.82 Å². The van der Waals surface area contributed by atoms with Crippen LogP contribution in [0.5, 0.6) is 5.75 Å². The summed E-state index contributed by atoms with van der Waals surface area (Å²) in [7, 11) is -3.81. The molecule has 0 aliphatic heterocycles. The maximum absolute atomic E-state index is 13.3. The van der Waals surface area contributed by atoms with Gasteiger partial charge >= 0.3 is 0 Å². The summed E-state index contributed by atoms with van der Waals surface area (Å²) in [6, 6.07) is 15.3. The first-order chi connectivity index (χ1) is 12.9. The lowest BCUT2D eigenvalue weighted by atomic mass is 10.1. The molecule has 1 aromatic heterocycles. The van der Waals surface area contributed by atoms with Gasteiger partial charge in [-0.05, 0) is 48.9 Å². The molecule has 2 aromatic carbocycles. The minimum Gasteiger partial charge on any atom is -0.489 e. The van der Waals surface area contributed by atoms with Crippen LogP contribution in [0.4, 0.5) is 4.39 Å². The number of hydrogen-bond acceptors (Lipinski definition) is 4. The molecule has 0 radical (unpaired) electrons. The van der Waals surface area contributed by atoms with Gasteiger partial charge in [-0.15, -0.1) is 0 Å². The van der Waals surface area contributed by atoms with E-state index in [2.05, 4.69) is 9.71 Å². The van der Waals surface area contributed by atoms with E-state index in [1.54, 1.807) is 43.6 Å². The second-order valence-corrected chi connectivity index (χ2v) is 7.73. The highest BCUT2D eigenvalue weighted by atomic mass is 32.2. The molecule has 140 valence electrons. The number of pyridine rings is 1. The zero-order valence-electron chi connectivity index (χ0n) is 14.7. The highest BCUT2D eigenvalue weighted by molar-refractivity contribution is 7.89. The third kappa shape index (κ3) is 5.12. The molecule has 3 rings (SSSR count). The van der Waals surface area contributed by atoms with Crippen LogP contribution in [0.25, 0.3) is 0 Å². The van der Waals surface area contributed by atoms with Crippen molar-refractivity contribution in [2.24, 2.45) is 0 Å².